The Morgan fingerprint density at radius 1 is 0.931 bits per heavy atom. The van der Waals surface area contributed by atoms with Crippen molar-refractivity contribution < 1.29 is 0 Å². The first-order valence-corrected chi connectivity index (χ1v) is 12.3. The van der Waals surface area contributed by atoms with E-state index in [1.165, 1.54) is 49.7 Å². The maximum absolute atomic E-state index is 6.21. The van der Waals surface area contributed by atoms with E-state index in [0.717, 1.165) is 21.3 Å². The van der Waals surface area contributed by atoms with Gasteiger partial charge in [-0.15, -0.1) is 0 Å². The van der Waals surface area contributed by atoms with Gasteiger partial charge in [-0.25, -0.2) is 0 Å². The second kappa shape index (κ2) is 7.39. The van der Waals surface area contributed by atoms with Gasteiger partial charge in [0.2, 0.25) is 0 Å². The minimum absolute atomic E-state index is 0.367. The SMILES string of the molecule is CC(NC(C)C12CC3CC(CC(c4ccc(Cl)cc4)(C3)C1)C2)c1ccc(Br)cc1. The van der Waals surface area contributed by atoms with Crippen LogP contribution in [0.5, 0.6) is 0 Å². The van der Waals surface area contributed by atoms with Gasteiger partial charge in [-0.1, -0.05) is 51.8 Å². The molecule has 6 rings (SSSR count). The molecule has 4 atom stereocenters. The molecule has 0 heterocycles. The van der Waals surface area contributed by atoms with Crippen LogP contribution in [0.15, 0.2) is 53.0 Å². The minimum atomic E-state index is 0.367. The van der Waals surface area contributed by atoms with Crippen LogP contribution in [0, 0.1) is 17.3 Å². The van der Waals surface area contributed by atoms with Gasteiger partial charge in [-0.2, -0.15) is 0 Å². The molecule has 4 bridgehead atoms. The number of hydrogen-bond donors (Lipinski definition) is 1. The smallest absolute Gasteiger partial charge is 0.0406 e. The van der Waals surface area contributed by atoms with E-state index in [1.54, 1.807) is 0 Å². The quantitative estimate of drug-likeness (QED) is 0.470. The second-order valence-corrected chi connectivity index (χ2v) is 11.6. The van der Waals surface area contributed by atoms with Gasteiger partial charge >= 0.3 is 0 Å². The van der Waals surface area contributed by atoms with Gasteiger partial charge in [0.25, 0.3) is 0 Å². The topological polar surface area (TPSA) is 12.0 Å². The molecule has 1 N–H and O–H groups in total. The minimum Gasteiger partial charge on any atom is -0.307 e. The Morgan fingerprint density at radius 3 is 2.17 bits per heavy atom. The van der Waals surface area contributed by atoms with Crippen molar-refractivity contribution in [2.45, 2.75) is 69.9 Å². The first-order chi connectivity index (χ1) is 13.9. The standard InChI is InChI=1S/C26H31BrClN/c1-17(21-3-7-23(27)8-4-21)29-18(2)25-12-19-11-20(13-25)15-26(14-19,16-25)22-5-9-24(28)10-6-22/h3-10,17-20,29H,11-16H2,1-2H3. The lowest BCUT2D eigenvalue weighted by molar-refractivity contribution is -0.0894. The van der Waals surface area contributed by atoms with Gasteiger partial charge in [0.15, 0.2) is 0 Å². The molecular formula is C26H31BrClN. The maximum Gasteiger partial charge on any atom is 0.0406 e. The largest absolute Gasteiger partial charge is 0.307 e. The average Bonchev–Trinajstić information content (AvgIpc) is 2.68. The van der Waals surface area contributed by atoms with Crippen molar-refractivity contribution in [3.63, 3.8) is 0 Å². The molecular weight excluding hydrogens is 442 g/mol. The molecule has 4 fully saturated rings. The molecule has 4 aliphatic carbocycles. The number of nitrogens with one attached hydrogen (secondary N) is 1. The Labute approximate surface area is 188 Å². The first-order valence-electron chi connectivity index (χ1n) is 11.2. The lowest BCUT2D eigenvalue weighted by atomic mass is 9.41. The first kappa shape index (κ1) is 20.1. The molecule has 0 saturated heterocycles. The normalized spacial score (nSPS) is 34.9. The molecule has 4 aliphatic rings. The van der Waals surface area contributed by atoms with Crippen LogP contribution in [-0.4, -0.2) is 6.04 Å². The van der Waals surface area contributed by atoms with E-state index >= 15 is 0 Å². The fourth-order valence-corrected chi connectivity index (χ4v) is 7.77. The zero-order valence-electron chi connectivity index (χ0n) is 17.4. The third kappa shape index (κ3) is 3.60. The summed E-state index contributed by atoms with van der Waals surface area (Å²) in [6, 6.07) is 18.5. The van der Waals surface area contributed by atoms with Crippen LogP contribution < -0.4 is 5.32 Å². The van der Waals surface area contributed by atoms with Gasteiger partial charge in [0.1, 0.15) is 0 Å². The van der Waals surface area contributed by atoms with Gasteiger partial charge in [-0.05, 0) is 110 Å². The van der Waals surface area contributed by atoms with Gasteiger partial charge in [0, 0.05) is 21.6 Å². The van der Waals surface area contributed by atoms with Crippen molar-refractivity contribution in [3.05, 3.63) is 69.2 Å². The van der Waals surface area contributed by atoms with Crippen LogP contribution in [-0.2, 0) is 5.41 Å². The number of hydrogen-bond acceptors (Lipinski definition) is 1. The summed E-state index contributed by atoms with van der Waals surface area (Å²) in [4.78, 5) is 0. The molecule has 4 saturated carbocycles. The van der Waals surface area contributed by atoms with Crippen LogP contribution in [0.3, 0.4) is 0 Å². The van der Waals surface area contributed by atoms with E-state index in [4.69, 9.17) is 11.6 Å². The lowest BCUT2D eigenvalue weighted by Crippen LogP contribution is -2.60. The van der Waals surface area contributed by atoms with Gasteiger partial charge in [0.05, 0.1) is 0 Å². The lowest BCUT2D eigenvalue weighted by Gasteiger charge is -2.64. The van der Waals surface area contributed by atoms with Crippen LogP contribution in [0.2, 0.25) is 5.02 Å². The third-order valence-corrected chi connectivity index (χ3v) is 9.13. The Hall–Kier alpha value is -0.830. The molecule has 2 aromatic rings. The van der Waals surface area contributed by atoms with Gasteiger partial charge in [-0.3, -0.25) is 0 Å². The summed E-state index contributed by atoms with van der Waals surface area (Å²) in [5.41, 5.74) is 3.70. The Balaban J connectivity index is 1.40. The van der Waals surface area contributed by atoms with E-state index in [1.807, 2.05) is 0 Å². The van der Waals surface area contributed by atoms with Gasteiger partial charge < -0.3 is 5.32 Å². The zero-order valence-corrected chi connectivity index (χ0v) is 19.8. The highest BCUT2D eigenvalue weighted by Gasteiger charge is 2.59. The van der Waals surface area contributed by atoms with Crippen molar-refractivity contribution in [1.29, 1.82) is 0 Å². The zero-order chi connectivity index (χ0) is 20.2. The van der Waals surface area contributed by atoms with Crippen molar-refractivity contribution in [2.75, 3.05) is 0 Å². The predicted octanol–water partition coefficient (Wildman–Crippen LogP) is 7.68. The summed E-state index contributed by atoms with van der Waals surface area (Å²) in [6.45, 7) is 4.77. The Kier molecular flexibility index (Phi) is 5.12. The molecule has 1 nitrogen and oxygen atoms in total. The van der Waals surface area contributed by atoms with Crippen molar-refractivity contribution in [1.82, 2.24) is 5.32 Å². The van der Waals surface area contributed by atoms with Crippen LogP contribution in [0.4, 0.5) is 0 Å². The van der Waals surface area contributed by atoms with E-state index in [9.17, 15) is 0 Å². The molecule has 0 aromatic heterocycles. The molecule has 3 heteroatoms. The van der Waals surface area contributed by atoms with Crippen molar-refractivity contribution >= 4 is 27.5 Å². The summed E-state index contributed by atoms with van der Waals surface area (Å²) in [7, 11) is 0. The van der Waals surface area contributed by atoms with Crippen LogP contribution in [0.25, 0.3) is 0 Å². The van der Waals surface area contributed by atoms with Crippen molar-refractivity contribution in [3.8, 4) is 0 Å². The van der Waals surface area contributed by atoms with Crippen LogP contribution >= 0.6 is 27.5 Å². The summed E-state index contributed by atoms with van der Waals surface area (Å²) < 4.78 is 1.15. The number of halogens is 2. The summed E-state index contributed by atoms with van der Waals surface area (Å²) in [5.74, 6) is 1.78. The molecule has 0 aliphatic heterocycles. The summed E-state index contributed by atoms with van der Waals surface area (Å²) in [5, 5.41) is 4.87. The fraction of sp³-hybridized carbons (Fsp3) is 0.538. The monoisotopic (exact) mass is 471 g/mol. The molecule has 4 unspecified atom stereocenters. The second-order valence-electron chi connectivity index (χ2n) is 10.3. The highest BCUT2D eigenvalue weighted by Crippen LogP contribution is 2.66. The predicted molar refractivity (Wildman–Crippen MR) is 125 cm³/mol. The number of rotatable bonds is 5. The molecule has 29 heavy (non-hydrogen) atoms. The average molecular weight is 473 g/mol. The van der Waals surface area contributed by atoms with Crippen LogP contribution in [0.1, 0.15) is 69.5 Å². The Morgan fingerprint density at radius 2 is 1.55 bits per heavy atom. The fourth-order valence-electron chi connectivity index (χ4n) is 7.38. The van der Waals surface area contributed by atoms with E-state index in [0.29, 0.717) is 22.9 Å². The molecule has 0 spiro atoms. The molecule has 0 radical (unpaired) electrons. The van der Waals surface area contributed by atoms with E-state index in [2.05, 4.69) is 83.6 Å². The Bertz CT molecular complexity index is 861. The molecule has 154 valence electrons. The summed E-state index contributed by atoms with van der Waals surface area (Å²) >= 11 is 9.77. The molecule has 2 aromatic carbocycles. The highest BCUT2D eigenvalue weighted by molar-refractivity contribution is 9.10. The summed E-state index contributed by atoms with van der Waals surface area (Å²) in [6.07, 6.45) is 8.34. The molecule has 0 amide bonds. The maximum atomic E-state index is 6.21. The van der Waals surface area contributed by atoms with E-state index in [-0.39, 0.29) is 0 Å². The highest BCUT2D eigenvalue weighted by atomic mass is 79.9. The third-order valence-electron chi connectivity index (χ3n) is 8.35. The number of benzene rings is 2. The van der Waals surface area contributed by atoms with Crippen molar-refractivity contribution in [2.24, 2.45) is 17.3 Å². The van der Waals surface area contributed by atoms with E-state index < -0.39 is 0 Å².